The molecule has 154 valence electrons. The summed E-state index contributed by atoms with van der Waals surface area (Å²) < 4.78 is 9.42. The number of aryl methyl sites for hydroxylation is 2. The molecule has 0 radical (unpaired) electrons. The maximum absolute atomic E-state index is 5.13. The fourth-order valence-electron chi connectivity index (χ4n) is 3.85. The van der Waals surface area contributed by atoms with Crippen molar-refractivity contribution in [3.8, 4) is 0 Å². The molecule has 0 amide bonds. The number of fused-ring (bicyclic) bond motifs is 2. The molecule has 3 heterocycles. The van der Waals surface area contributed by atoms with Gasteiger partial charge in [-0.05, 0) is 30.4 Å². The Hall–Kier alpha value is -2.87. The van der Waals surface area contributed by atoms with Crippen LogP contribution in [0.5, 0.6) is 0 Å². The van der Waals surface area contributed by atoms with Gasteiger partial charge >= 0.3 is 0 Å². The lowest BCUT2D eigenvalue weighted by Gasteiger charge is -2.25. The van der Waals surface area contributed by atoms with Crippen molar-refractivity contribution >= 4 is 16.9 Å². The van der Waals surface area contributed by atoms with Gasteiger partial charge < -0.3 is 19.9 Å². The SMILES string of the molecule is CN=C(NCCCn1ccc2ccccc21)NC1CCc2nc(COC)nn2C1. The fourth-order valence-corrected chi connectivity index (χ4v) is 3.85. The van der Waals surface area contributed by atoms with Crippen molar-refractivity contribution < 1.29 is 4.74 Å². The number of para-hydroxylation sites is 1. The number of nitrogens with one attached hydrogen (secondary N) is 2. The number of aromatic nitrogens is 4. The molecule has 0 saturated heterocycles. The number of methoxy groups -OCH3 is 1. The summed E-state index contributed by atoms with van der Waals surface area (Å²) >= 11 is 0. The summed E-state index contributed by atoms with van der Waals surface area (Å²) in [5, 5.41) is 12.8. The lowest BCUT2D eigenvalue weighted by Crippen LogP contribution is -2.47. The lowest BCUT2D eigenvalue weighted by molar-refractivity contribution is 0.177. The first-order valence-corrected chi connectivity index (χ1v) is 10.2. The third kappa shape index (κ3) is 4.59. The first-order valence-electron chi connectivity index (χ1n) is 10.2. The van der Waals surface area contributed by atoms with E-state index >= 15 is 0 Å². The highest BCUT2D eigenvalue weighted by Crippen LogP contribution is 2.15. The summed E-state index contributed by atoms with van der Waals surface area (Å²) in [6.45, 7) is 3.09. The molecular weight excluding hydrogens is 366 g/mol. The van der Waals surface area contributed by atoms with Crippen LogP contribution in [0.2, 0.25) is 0 Å². The average Bonchev–Trinajstić information content (AvgIpc) is 3.33. The number of nitrogens with zero attached hydrogens (tertiary/aromatic N) is 5. The smallest absolute Gasteiger partial charge is 0.191 e. The Bertz CT molecular complexity index is 974. The zero-order valence-corrected chi connectivity index (χ0v) is 17.1. The standard InChI is InChI=1S/C21H29N7O/c1-22-21(23-11-5-12-27-13-10-16-6-3-4-7-18(16)27)24-17-8-9-20-25-19(15-29-2)26-28(20)14-17/h3-4,6-7,10,13,17H,5,8-9,11-12,14-15H2,1-2H3,(H2,22,23,24). The van der Waals surface area contributed by atoms with E-state index in [9.17, 15) is 0 Å². The minimum Gasteiger partial charge on any atom is -0.377 e. The molecule has 1 aromatic carbocycles. The normalized spacial score (nSPS) is 16.8. The van der Waals surface area contributed by atoms with E-state index in [1.54, 1.807) is 7.11 Å². The predicted molar refractivity (Wildman–Crippen MR) is 114 cm³/mol. The van der Waals surface area contributed by atoms with Gasteiger partial charge in [-0.1, -0.05) is 18.2 Å². The molecule has 4 rings (SSSR count). The van der Waals surface area contributed by atoms with Crippen LogP contribution in [-0.4, -0.2) is 52.0 Å². The second-order valence-electron chi connectivity index (χ2n) is 7.36. The van der Waals surface area contributed by atoms with Gasteiger partial charge in [0.05, 0.1) is 6.54 Å². The van der Waals surface area contributed by atoms with E-state index in [0.29, 0.717) is 12.6 Å². The van der Waals surface area contributed by atoms with E-state index in [1.807, 2.05) is 11.7 Å². The van der Waals surface area contributed by atoms with E-state index < -0.39 is 0 Å². The molecule has 0 bridgehead atoms. The Morgan fingerprint density at radius 1 is 1.31 bits per heavy atom. The van der Waals surface area contributed by atoms with Gasteiger partial charge in [-0.15, -0.1) is 0 Å². The monoisotopic (exact) mass is 395 g/mol. The highest BCUT2D eigenvalue weighted by molar-refractivity contribution is 5.80. The van der Waals surface area contributed by atoms with Gasteiger partial charge in [0.25, 0.3) is 0 Å². The molecule has 1 aliphatic rings. The highest BCUT2D eigenvalue weighted by atomic mass is 16.5. The van der Waals surface area contributed by atoms with Crippen LogP contribution in [-0.2, 0) is 30.9 Å². The van der Waals surface area contributed by atoms with Crippen LogP contribution in [0.25, 0.3) is 10.9 Å². The van der Waals surface area contributed by atoms with E-state index in [-0.39, 0.29) is 0 Å². The third-order valence-corrected chi connectivity index (χ3v) is 5.29. The summed E-state index contributed by atoms with van der Waals surface area (Å²) in [5.74, 6) is 2.63. The number of rotatable bonds is 7. The largest absolute Gasteiger partial charge is 0.377 e. The third-order valence-electron chi connectivity index (χ3n) is 5.29. The Morgan fingerprint density at radius 2 is 2.21 bits per heavy atom. The Kier molecular flexibility index (Phi) is 6.09. The number of benzene rings is 1. The molecule has 1 atom stereocenters. The van der Waals surface area contributed by atoms with Crippen LogP contribution >= 0.6 is 0 Å². The molecule has 3 aromatic rings. The average molecular weight is 396 g/mol. The van der Waals surface area contributed by atoms with E-state index in [0.717, 1.165) is 56.5 Å². The lowest BCUT2D eigenvalue weighted by atomic mass is 10.1. The molecule has 8 nitrogen and oxygen atoms in total. The molecule has 2 N–H and O–H groups in total. The molecule has 0 spiro atoms. The molecule has 1 aliphatic heterocycles. The van der Waals surface area contributed by atoms with Crippen LogP contribution < -0.4 is 10.6 Å². The first kappa shape index (κ1) is 19.4. The maximum Gasteiger partial charge on any atom is 0.191 e. The number of guanidine groups is 1. The molecule has 29 heavy (non-hydrogen) atoms. The molecule has 0 saturated carbocycles. The zero-order chi connectivity index (χ0) is 20.1. The van der Waals surface area contributed by atoms with Crippen molar-refractivity contribution in [2.24, 2.45) is 4.99 Å². The molecule has 8 heteroatoms. The Labute approximate surface area is 171 Å². The topological polar surface area (TPSA) is 81.3 Å². The summed E-state index contributed by atoms with van der Waals surface area (Å²) in [5.41, 5.74) is 1.29. The molecule has 0 aliphatic carbocycles. The summed E-state index contributed by atoms with van der Waals surface area (Å²) in [6.07, 6.45) is 5.11. The second kappa shape index (κ2) is 9.09. The number of ether oxygens (including phenoxy) is 1. The van der Waals surface area contributed by atoms with Crippen LogP contribution in [0.1, 0.15) is 24.5 Å². The number of hydrogen-bond acceptors (Lipinski definition) is 4. The van der Waals surface area contributed by atoms with Gasteiger partial charge in [0.2, 0.25) is 0 Å². The highest BCUT2D eigenvalue weighted by Gasteiger charge is 2.22. The van der Waals surface area contributed by atoms with Gasteiger partial charge in [-0.2, -0.15) is 5.10 Å². The van der Waals surface area contributed by atoms with E-state index in [4.69, 9.17) is 4.74 Å². The summed E-state index contributed by atoms with van der Waals surface area (Å²) in [7, 11) is 3.48. The van der Waals surface area contributed by atoms with Crippen molar-refractivity contribution in [2.45, 2.75) is 45.0 Å². The van der Waals surface area contributed by atoms with Crippen molar-refractivity contribution in [3.63, 3.8) is 0 Å². The minimum atomic E-state index is 0.291. The molecule has 2 aromatic heterocycles. The van der Waals surface area contributed by atoms with Gasteiger partial charge in [0.1, 0.15) is 12.4 Å². The Balaban J connectivity index is 1.24. The van der Waals surface area contributed by atoms with Crippen molar-refractivity contribution in [2.75, 3.05) is 20.7 Å². The fraction of sp³-hybridized carbons (Fsp3) is 0.476. The van der Waals surface area contributed by atoms with Crippen molar-refractivity contribution in [1.82, 2.24) is 30.0 Å². The first-order chi connectivity index (χ1) is 14.3. The van der Waals surface area contributed by atoms with Gasteiger partial charge in [0.15, 0.2) is 11.8 Å². The van der Waals surface area contributed by atoms with E-state index in [1.165, 1.54) is 10.9 Å². The predicted octanol–water partition coefficient (Wildman–Crippen LogP) is 1.95. The van der Waals surface area contributed by atoms with Gasteiger partial charge in [0, 0.05) is 51.4 Å². The zero-order valence-electron chi connectivity index (χ0n) is 17.1. The van der Waals surface area contributed by atoms with Crippen LogP contribution in [0.15, 0.2) is 41.5 Å². The molecule has 1 unspecified atom stereocenters. The van der Waals surface area contributed by atoms with Crippen LogP contribution in [0.4, 0.5) is 0 Å². The maximum atomic E-state index is 5.13. The second-order valence-corrected chi connectivity index (χ2v) is 7.36. The van der Waals surface area contributed by atoms with Crippen molar-refractivity contribution in [3.05, 3.63) is 48.2 Å². The quantitative estimate of drug-likeness (QED) is 0.363. The van der Waals surface area contributed by atoms with Crippen LogP contribution in [0.3, 0.4) is 0 Å². The number of hydrogen-bond donors (Lipinski definition) is 2. The summed E-state index contributed by atoms with van der Waals surface area (Å²) in [4.78, 5) is 8.91. The Morgan fingerprint density at radius 3 is 3.07 bits per heavy atom. The minimum absolute atomic E-state index is 0.291. The van der Waals surface area contributed by atoms with Gasteiger partial charge in [-0.3, -0.25) is 4.99 Å². The van der Waals surface area contributed by atoms with E-state index in [2.05, 4.69) is 66.8 Å². The van der Waals surface area contributed by atoms with Crippen LogP contribution in [0, 0.1) is 0 Å². The number of aliphatic imine (C=N–C) groups is 1. The van der Waals surface area contributed by atoms with Crippen molar-refractivity contribution in [1.29, 1.82) is 0 Å². The molecular formula is C21H29N7O. The van der Waals surface area contributed by atoms with Gasteiger partial charge in [-0.25, -0.2) is 9.67 Å². The molecule has 0 fully saturated rings. The summed E-state index contributed by atoms with van der Waals surface area (Å²) in [6, 6.07) is 10.9.